The standard InChI is InChI=1S/C26H50N2O7/c1-25(2,3)21-23(29)27-7-11-31-15-16-32-12-8-28(24(30)22-26(4,5)6)10-14-34-18-20-35-19-17-33-13-9-27/h7-22H2,1-6H3. The highest BCUT2D eigenvalue weighted by Crippen LogP contribution is 2.20. The van der Waals surface area contributed by atoms with Crippen molar-refractivity contribution < 1.29 is 33.3 Å². The molecule has 1 aliphatic rings. The van der Waals surface area contributed by atoms with Crippen molar-refractivity contribution in [2.75, 3.05) is 92.2 Å². The maximum atomic E-state index is 12.7. The lowest BCUT2D eigenvalue weighted by atomic mass is 9.91. The summed E-state index contributed by atoms with van der Waals surface area (Å²) < 4.78 is 28.3. The maximum Gasteiger partial charge on any atom is 0.223 e. The smallest absolute Gasteiger partial charge is 0.223 e. The lowest BCUT2D eigenvalue weighted by molar-refractivity contribution is -0.136. The van der Waals surface area contributed by atoms with Gasteiger partial charge < -0.3 is 33.5 Å². The molecule has 0 aromatic carbocycles. The molecule has 0 atom stereocenters. The Bertz CT molecular complexity index is 537. The number of rotatable bonds is 2. The van der Waals surface area contributed by atoms with Crippen LogP contribution >= 0.6 is 0 Å². The van der Waals surface area contributed by atoms with Crippen molar-refractivity contribution in [2.24, 2.45) is 10.8 Å². The van der Waals surface area contributed by atoms with Crippen molar-refractivity contribution in [3.8, 4) is 0 Å². The summed E-state index contributed by atoms with van der Waals surface area (Å²) in [4.78, 5) is 29.1. The van der Waals surface area contributed by atoms with Crippen LogP contribution in [0.15, 0.2) is 0 Å². The van der Waals surface area contributed by atoms with Crippen LogP contribution in [0.25, 0.3) is 0 Å². The minimum absolute atomic E-state index is 0.0767. The van der Waals surface area contributed by atoms with Crippen molar-refractivity contribution in [2.45, 2.75) is 54.4 Å². The lowest BCUT2D eigenvalue weighted by Crippen LogP contribution is -2.39. The van der Waals surface area contributed by atoms with Gasteiger partial charge in [-0.25, -0.2) is 0 Å². The molecule has 9 heteroatoms. The Morgan fingerprint density at radius 2 is 0.714 bits per heavy atom. The van der Waals surface area contributed by atoms with Crippen LogP contribution in [0.5, 0.6) is 0 Å². The SMILES string of the molecule is CC(C)(C)CC(=O)N1CCOCCOCCOCCN(C(=O)CC(C)(C)C)CCOCCOCC1. The third-order valence-electron chi connectivity index (χ3n) is 5.21. The Hall–Kier alpha value is -1.26. The average Bonchev–Trinajstić information content (AvgIpc) is 2.73. The van der Waals surface area contributed by atoms with Gasteiger partial charge in [0.25, 0.3) is 0 Å². The Kier molecular flexibility index (Phi) is 15.6. The van der Waals surface area contributed by atoms with Gasteiger partial charge in [-0.3, -0.25) is 9.59 Å². The molecule has 9 nitrogen and oxygen atoms in total. The molecule has 0 aromatic heterocycles. The fraction of sp³-hybridized carbons (Fsp3) is 0.923. The van der Waals surface area contributed by atoms with Crippen LogP contribution in [0.3, 0.4) is 0 Å². The van der Waals surface area contributed by atoms with Gasteiger partial charge in [-0.05, 0) is 10.8 Å². The second kappa shape index (κ2) is 17.2. The first kappa shape index (κ1) is 31.8. The van der Waals surface area contributed by atoms with E-state index in [1.54, 1.807) is 0 Å². The van der Waals surface area contributed by atoms with E-state index < -0.39 is 0 Å². The first-order chi connectivity index (χ1) is 16.5. The predicted molar refractivity (Wildman–Crippen MR) is 135 cm³/mol. The number of nitrogens with zero attached hydrogens (tertiary/aromatic N) is 2. The zero-order chi connectivity index (χ0) is 26.2. The van der Waals surface area contributed by atoms with Crippen molar-refractivity contribution in [3.05, 3.63) is 0 Å². The van der Waals surface area contributed by atoms with Crippen LogP contribution in [0.1, 0.15) is 54.4 Å². The topological polar surface area (TPSA) is 86.8 Å². The Labute approximate surface area is 212 Å². The van der Waals surface area contributed by atoms with E-state index >= 15 is 0 Å². The van der Waals surface area contributed by atoms with Crippen molar-refractivity contribution in [1.82, 2.24) is 9.80 Å². The molecule has 0 unspecified atom stereocenters. The zero-order valence-corrected chi connectivity index (χ0v) is 23.1. The number of carbonyl (C=O) groups excluding carboxylic acids is 2. The van der Waals surface area contributed by atoms with Crippen LogP contribution in [0.2, 0.25) is 0 Å². The van der Waals surface area contributed by atoms with E-state index in [2.05, 4.69) is 41.5 Å². The Morgan fingerprint density at radius 3 is 0.943 bits per heavy atom. The molecule has 1 saturated heterocycles. The monoisotopic (exact) mass is 502 g/mol. The molecule has 1 heterocycles. The van der Waals surface area contributed by atoms with Crippen molar-refractivity contribution in [3.63, 3.8) is 0 Å². The summed E-state index contributed by atoms with van der Waals surface area (Å²) in [6.07, 6.45) is 0.952. The molecule has 0 bridgehead atoms. The molecule has 0 N–H and O–H groups in total. The van der Waals surface area contributed by atoms with Gasteiger partial charge >= 0.3 is 0 Å². The fourth-order valence-corrected chi connectivity index (χ4v) is 3.42. The molecule has 1 fully saturated rings. The minimum atomic E-state index is -0.0767. The summed E-state index contributed by atoms with van der Waals surface area (Å²) in [5.74, 6) is 0.209. The maximum absolute atomic E-state index is 12.7. The van der Waals surface area contributed by atoms with Crippen molar-refractivity contribution >= 4 is 11.8 Å². The van der Waals surface area contributed by atoms with E-state index in [1.807, 2.05) is 9.80 Å². The van der Waals surface area contributed by atoms with E-state index in [0.717, 1.165) is 0 Å². The summed E-state index contributed by atoms with van der Waals surface area (Å²) in [7, 11) is 0. The van der Waals surface area contributed by atoms with Gasteiger partial charge in [-0.15, -0.1) is 0 Å². The second-order valence-electron chi connectivity index (χ2n) is 11.3. The van der Waals surface area contributed by atoms with Crippen LogP contribution in [0.4, 0.5) is 0 Å². The van der Waals surface area contributed by atoms with Crippen LogP contribution in [-0.2, 0) is 33.3 Å². The quantitative estimate of drug-likeness (QED) is 0.574. The van der Waals surface area contributed by atoms with Crippen molar-refractivity contribution in [1.29, 1.82) is 0 Å². The molecule has 0 spiro atoms. The highest BCUT2D eigenvalue weighted by Gasteiger charge is 2.22. The van der Waals surface area contributed by atoms with Gasteiger partial charge in [-0.1, -0.05) is 41.5 Å². The molecule has 2 amide bonds. The molecule has 0 radical (unpaired) electrons. The zero-order valence-electron chi connectivity index (χ0n) is 23.1. The lowest BCUT2D eigenvalue weighted by Gasteiger charge is -2.27. The molecular formula is C26H50N2O7. The van der Waals surface area contributed by atoms with E-state index in [0.29, 0.717) is 105 Å². The van der Waals surface area contributed by atoms with Gasteiger partial charge in [-0.2, -0.15) is 0 Å². The highest BCUT2D eigenvalue weighted by atomic mass is 16.5. The third-order valence-corrected chi connectivity index (χ3v) is 5.21. The molecule has 1 rings (SSSR count). The number of carbonyl (C=O) groups is 2. The predicted octanol–water partition coefficient (Wildman–Crippen LogP) is 2.61. The summed E-state index contributed by atoms with van der Waals surface area (Å²) >= 11 is 0. The Morgan fingerprint density at radius 1 is 0.486 bits per heavy atom. The van der Waals surface area contributed by atoms with Gasteiger partial charge in [0.05, 0.1) is 66.1 Å². The average molecular weight is 503 g/mol. The van der Waals surface area contributed by atoms with Crippen LogP contribution in [0, 0.1) is 10.8 Å². The highest BCUT2D eigenvalue weighted by molar-refractivity contribution is 5.77. The number of amides is 2. The molecule has 35 heavy (non-hydrogen) atoms. The molecule has 0 aromatic rings. The molecular weight excluding hydrogens is 452 g/mol. The first-order valence-corrected chi connectivity index (χ1v) is 12.9. The Balaban J connectivity index is 2.58. The number of hydrogen-bond acceptors (Lipinski definition) is 7. The third kappa shape index (κ3) is 17.8. The normalized spacial score (nSPS) is 20.2. The second-order valence-corrected chi connectivity index (χ2v) is 11.3. The summed E-state index contributed by atoms with van der Waals surface area (Å²) in [6.45, 7) is 19.0. The van der Waals surface area contributed by atoms with E-state index in [9.17, 15) is 9.59 Å². The van der Waals surface area contributed by atoms with E-state index in [-0.39, 0.29) is 22.6 Å². The molecule has 206 valence electrons. The van der Waals surface area contributed by atoms with E-state index in [4.69, 9.17) is 23.7 Å². The van der Waals surface area contributed by atoms with Gasteiger partial charge in [0.1, 0.15) is 0 Å². The molecule has 0 aliphatic carbocycles. The molecule has 1 aliphatic heterocycles. The first-order valence-electron chi connectivity index (χ1n) is 12.9. The van der Waals surface area contributed by atoms with Crippen LogP contribution < -0.4 is 0 Å². The summed E-state index contributed by atoms with van der Waals surface area (Å²) in [5, 5.41) is 0. The fourth-order valence-electron chi connectivity index (χ4n) is 3.42. The number of hydrogen-bond donors (Lipinski definition) is 0. The number of ether oxygens (including phenoxy) is 5. The van der Waals surface area contributed by atoms with Gasteiger partial charge in [0.15, 0.2) is 0 Å². The summed E-state index contributed by atoms with van der Waals surface area (Å²) in [6, 6.07) is 0. The largest absolute Gasteiger partial charge is 0.377 e. The van der Waals surface area contributed by atoms with Gasteiger partial charge in [0.2, 0.25) is 11.8 Å². The minimum Gasteiger partial charge on any atom is -0.377 e. The van der Waals surface area contributed by atoms with E-state index in [1.165, 1.54) is 0 Å². The van der Waals surface area contributed by atoms with Gasteiger partial charge in [0, 0.05) is 39.0 Å². The molecule has 0 saturated carbocycles. The summed E-state index contributed by atoms with van der Waals surface area (Å²) in [5.41, 5.74) is -0.153. The van der Waals surface area contributed by atoms with Crippen LogP contribution in [-0.4, -0.2) is 114 Å².